The molecule has 22 heavy (non-hydrogen) atoms. The van der Waals surface area contributed by atoms with E-state index in [9.17, 15) is 4.39 Å². The highest BCUT2D eigenvalue weighted by Crippen LogP contribution is 2.37. The zero-order valence-corrected chi connectivity index (χ0v) is 12.8. The molecular weight excluding hydrogens is 283 g/mol. The van der Waals surface area contributed by atoms with Crippen LogP contribution in [0.5, 0.6) is 0 Å². The third-order valence-corrected chi connectivity index (χ3v) is 4.99. The first-order chi connectivity index (χ1) is 10.7. The van der Waals surface area contributed by atoms with Gasteiger partial charge in [0.15, 0.2) is 5.82 Å². The molecular formula is C16H23FN4O. The number of nitrogens with zero attached hydrogens (tertiary/aromatic N) is 3. The van der Waals surface area contributed by atoms with E-state index in [4.69, 9.17) is 4.74 Å². The molecule has 0 aromatic carbocycles. The maximum absolute atomic E-state index is 12.9. The lowest BCUT2D eigenvalue weighted by Gasteiger charge is -2.39. The van der Waals surface area contributed by atoms with E-state index in [0.29, 0.717) is 12.6 Å². The summed E-state index contributed by atoms with van der Waals surface area (Å²) in [5, 5.41) is 3.28. The Morgan fingerprint density at radius 3 is 2.95 bits per heavy atom. The maximum atomic E-state index is 12.9. The van der Waals surface area contributed by atoms with Crippen molar-refractivity contribution < 1.29 is 9.13 Å². The molecule has 4 rings (SSSR count). The summed E-state index contributed by atoms with van der Waals surface area (Å²) in [5.74, 6) is 1.00. The lowest BCUT2D eigenvalue weighted by Crippen LogP contribution is -2.48. The third-order valence-electron chi connectivity index (χ3n) is 4.99. The van der Waals surface area contributed by atoms with Crippen molar-refractivity contribution in [1.82, 2.24) is 14.9 Å². The molecule has 2 atom stereocenters. The molecule has 3 fully saturated rings. The van der Waals surface area contributed by atoms with Gasteiger partial charge in [-0.2, -0.15) is 0 Å². The van der Waals surface area contributed by atoms with Gasteiger partial charge in [0.25, 0.3) is 0 Å². The molecule has 1 aromatic heterocycles. The van der Waals surface area contributed by atoms with Gasteiger partial charge in [0, 0.05) is 19.5 Å². The topological polar surface area (TPSA) is 50.3 Å². The Kier molecular flexibility index (Phi) is 3.74. The van der Waals surface area contributed by atoms with E-state index >= 15 is 0 Å². The van der Waals surface area contributed by atoms with E-state index in [2.05, 4.69) is 20.2 Å². The molecule has 0 amide bonds. The summed E-state index contributed by atoms with van der Waals surface area (Å²) >= 11 is 0. The minimum absolute atomic E-state index is 0.00909. The van der Waals surface area contributed by atoms with Crippen LogP contribution in [-0.2, 0) is 4.74 Å². The predicted octanol–water partition coefficient (Wildman–Crippen LogP) is 2.06. The molecule has 0 unspecified atom stereocenters. The molecule has 1 aliphatic carbocycles. The van der Waals surface area contributed by atoms with E-state index in [0.717, 1.165) is 25.3 Å². The minimum atomic E-state index is -0.410. The molecule has 0 radical (unpaired) electrons. The second-order valence-electron chi connectivity index (χ2n) is 7.05. The van der Waals surface area contributed by atoms with Crippen LogP contribution in [0.4, 0.5) is 10.3 Å². The van der Waals surface area contributed by atoms with Crippen LogP contribution in [-0.4, -0.2) is 52.8 Å². The Morgan fingerprint density at radius 1 is 1.36 bits per heavy atom. The first-order valence-corrected chi connectivity index (χ1v) is 8.31. The smallest absolute Gasteiger partial charge is 0.223 e. The van der Waals surface area contributed by atoms with Gasteiger partial charge in [-0.1, -0.05) is 0 Å². The molecule has 1 spiro atoms. The summed E-state index contributed by atoms with van der Waals surface area (Å²) in [7, 11) is 0. The van der Waals surface area contributed by atoms with Gasteiger partial charge in [-0.15, -0.1) is 0 Å². The first kappa shape index (κ1) is 14.3. The van der Waals surface area contributed by atoms with Gasteiger partial charge in [0.2, 0.25) is 5.95 Å². The van der Waals surface area contributed by atoms with Crippen molar-refractivity contribution in [3.8, 4) is 0 Å². The van der Waals surface area contributed by atoms with Gasteiger partial charge < -0.3 is 15.0 Å². The van der Waals surface area contributed by atoms with Crippen molar-refractivity contribution in [2.24, 2.45) is 5.92 Å². The Balaban J connectivity index is 1.35. The molecule has 3 heterocycles. The van der Waals surface area contributed by atoms with Gasteiger partial charge >= 0.3 is 0 Å². The average Bonchev–Trinajstić information content (AvgIpc) is 3.24. The lowest BCUT2D eigenvalue weighted by molar-refractivity contribution is -0.0521. The number of nitrogens with one attached hydrogen (secondary N) is 1. The summed E-state index contributed by atoms with van der Waals surface area (Å²) in [6, 6.07) is 0.214. The second-order valence-corrected chi connectivity index (χ2v) is 7.05. The predicted molar refractivity (Wildman–Crippen MR) is 81.1 cm³/mol. The van der Waals surface area contributed by atoms with Crippen LogP contribution >= 0.6 is 0 Å². The number of aromatic nitrogens is 2. The highest BCUT2D eigenvalue weighted by atomic mass is 19.1. The Morgan fingerprint density at radius 2 is 2.18 bits per heavy atom. The zero-order valence-electron chi connectivity index (χ0n) is 12.8. The fourth-order valence-electron chi connectivity index (χ4n) is 3.80. The highest BCUT2D eigenvalue weighted by molar-refractivity contribution is 5.25. The Labute approximate surface area is 130 Å². The van der Waals surface area contributed by atoms with Crippen molar-refractivity contribution >= 4 is 5.95 Å². The van der Waals surface area contributed by atoms with E-state index in [1.165, 1.54) is 44.7 Å². The molecule has 6 heteroatoms. The van der Waals surface area contributed by atoms with Crippen molar-refractivity contribution in [3.63, 3.8) is 0 Å². The van der Waals surface area contributed by atoms with Gasteiger partial charge in [-0.25, -0.2) is 14.4 Å². The number of halogens is 1. The number of ether oxygens (including phenoxy) is 1. The van der Waals surface area contributed by atoms with E-state index < -0.39 is 5.82 Å². The molecule has 2 saturated heterocycles. The number of anilines is 1. The van der Waals surface area contributed by atoms with Crippen molar-refractivity contribution in [2.75, 3.05) is 31.6 Å². The second kappa shape index (κ2) is 5.74. The van der Waals surface area contributed by atoms with Gasteiger partial charge in [0.1, 0.15) is 0 Å². The van der Waals surface area contributed by atoms with Crippen LogP contribution in [0.1, 0.15) is 32.1 Å². The largest absolute Gasteiger partial charge is 0.371 e. The van der Waals surface area contributed by atoms with Gasteiger partial charge in [-0.3, -0.25) is 0 Å². The summed E-state index contributed by atoms with van der Waals surface area (Å²) < 4.78 is 19.0. The molecule has 120 valence electrons. The maximum Gasteiger partial charge on any atom is 0.223 e. The molecule has 1 saturated carbocycles. The van der Waals surface area contributed by atoms with Crippen molar-refractivity contribution in [3.05, 3.63) is 18.2 Å². The highest BCUT2D eigenvalue weighted by Gasteiger charge is 2.44. The summed E-state index contributed by atoms with van der Waals surface area (Å²) in [6.07, 6.45) is 8.52. The standard InChI is InChI=1S/C16H23FN4O/c17-13-7-18-15(19-8-13)20-14-6-16(22-10-14)4-1-5-21(11-16)9-12-2-3-12/h7-8,12,14H,1-6,9-11H2,(H,18,19,20)/t14-,16-/m0/s1. The number of rotatable bonds is 4. The average molecular weight is 306 g/mol. The summed E-state index contributed by atoms with van der Waals surface area (Å²) in [6.45, 7) is 4.18. The van der Waals surface area contributed by atoms with Gasteiger partial charge in [-0.05, 0) is 38.1 Å². The van der Waals surface area contributed by atoms with Crippen molar-refractivity contribution in [1.29, 1.82) is 0 Å². The molecule has 3 aliphatic rings. The van der Waals surface area contributed by atoms with Crippen LogP contribution in [0.2, 0.25) is 0 Å². The molecule has 0 bridgehead atoms. The molecule has 5 nitrogen and oxygen atoms in total. The number of piperidine rings is 1. The summed E-state index contributed by atoms with van der Waals surface area (Å²) in [5.41, 5.74) is -0.00909. The summed E-state index contributed by atoms with van der Waals surface area (Å²) in [4.78, 5) is 10.5. The van der Waals surface area contributed by atoms with Crippen LogP contribution in [0.15, 0.2) is 12.4 Å². The van der Waals surface area contributed by atoms with E-state index in [1.807, 2.05) is 0 Å². The number of hydrogen-bond donors (Lipinski definition) is 1. The van der Waals surface area contributed by atoms with Gasteiger partial charge in [0.05, 0.1) is 30.6 Å². The molecule has 2 aliphatic heterocycles. The quantitative estimate of drug-likeness (QED) is 0.923. The third kappa shape index (κ3) is 3.22. The fraction of sp³-hybridized carbons (Fsp3) is 0.750. The number of likely N-dealkylation sites (tertiary alicyclic amines) is 1. The Bertz CT molecular complexity index is 521. The first-order valence-electron chi connectivity index (χ1n) is 8.31. The zero-order chi connectivity index (χ0) is 15.0. The SMILES string of the molecule is Fc1cnc(N[C@@H]2CO[C@@]3(CCCN(CC4CC4)C3)C2)nc1. The number of hydrogen-bond acceptors (Lipinski definition) is 5. The molecule has 1 N–H and O–H groups in total. The van der Waals surface area contributed by atoms with Crippen molar-refractivity contribution in [2.45, 2.75) is 43.7 Å². The monoisotopic (exact) mass is 306 g/mol. The van der Waals surface area contributed by atoms with Crippen LogP contribution in [0.25, 0.3) is 0 Å². The van der Waals surface area contributed by atoms with Crippen LogP contribution in [0.3, 0.4) is 0 Å². The Hall–Kier alpha value is -1.27. The fourth-order valence-corrected chi connectivity index (χ4v) is 3.80. The van der Waals surface area contributed by atoms with E-state index in [-0.39, 0.29) is 11.6 Å². The van der Waals surface area contributed by atoms with E-state index in [1.54, 1.807) is 0 Å². The molecule has 1 aromatic rings. The van der Waals surface area contributed by atoms with Crippen LogP contribution < -0.4 is 5.32 Å². The minimum Gasteiger partial charge on any atom is -0.371 e. The lowest BCUT2D eigenvalue weighted by atomic mass is 9.88. The normalized spacial score (nSPS) is 32.5. The van der Waals surface area contributed by atoms with Crippen LogP contribution in [0, 0.1) is 11.7 Å².